The third-order valence-electron chi connectivity index (χ3n) is 3.76. The van der Waals surface area contributed by atoms with Gasteiger partial charge in [-0.05, 0) is 20.8 Å². The number of halogens is 4. The van der Waals surface area contributed by atoms with Crippen LogP contribution >= 0.6 is 11.6 Å². The van der Waals surface area contributed by atoms with Gasteiger partial charge in [0.15, 0.2) is 0 Å². The fourth-order valence-corrected chi connectivity index (χ4v) is 2.29. The highest BCUT2D eigenvalue weighted by Gasteiger charge is 2.48. The normalized spacial score (nSPS) is 12.3. The molecule has 0 bridgehead atoms. The Morgan fingerprint density at radius 1 is 1.24 bits per heavy atom. The lowest BCUT2D eigenvalue weighted by Crippen LogP contribution is -2.37. The van der Waals surface area contributed by atoms with Gasteiger partial charge in [-0.2, -0.15) is 18.3 Å². The Morgan fingerprint density at radius 2 is 1.92 bits per heavy atom. The lowest BCUT2D eigenvalue weighted by atomic mass is 9.94. The summed E-state index contributed by atoms with van der Waals surface area (Å²) in [6.07, 6.45) is -1.42. The van der Waals surface area contributed by atoms with Crippen LogP contribution in [0.5, 0.6) is 11.6 Å². The summed E-state index contributed by atoms with van der Waals surface area (Å²) in [7, 11) is 1.45. The average molecular weight is 378 g/mol. The van der Waals surface area contributed by atoms with Crippen LogP contribution in [-0.4, -0.2) is 34.7 Å². The molecule has 0 aromatic carbocycles. The molecule has 138 valence electrons. The third-order valence-corrected chi connectivity index (χ3v) is 4.04. The van der Waals surface area contributed by atoms with Gasteiger partial charge >= 0.3 is 6.18 Å². The van der Waals surface area contributed by atoms with Gasteiger partial charge < -0.3 is 9.47 Å². The second-order valence-electron chi connectivity index (χ2n) is 6.05. The average Bonchev–Trinajstić information content (AvgIpc) is 2.92. The van der Waals surface area contributed by atoms with Crippen molar-refractivity contribution in [3.05, 3.63) is 23.5 Å². The number of aryl methyl sites for hydroxylation is 1. The van der Waals surface area contributed by atoms with E-state index in [4.69, 9.17) is 21.1 Å². The van der Waals surface area contributed by atoms with Crippen molar-refractivity contribution in [1.82, 2.24) is 14.8 Å². The van der Waals surface area contributed by atoms with Crippen LogP contribution in [0.3, 0.4) is 0 Å². The number of pyridine rings is 1. The van der Waals surface area contributed by atoms with Crippen LogP contribution in [0.2, 0.25) is 5.02 Å². The highest BCUT2D eigenvalue weighted by atomic mass is 35.5. The van der Waals surface area contributed by atoms with Gasteiger partial charge in [-0.1, -0.05) is 11.6 Å². The van der Waals surface area contributed by atoms with Crippen molar-refractivity contribution in [1.29, 1.82) is 0 Å². The predicted octanol–water partition coefficient (Wildman–Crippen LogP) is 4.59. The van der Waals surface area contributed by atoms with Crippen LogP contribution in [0.1, 0.15) is 20.8 Å². The van der Waals surface area contributed by atoms with Gasteiger partial charge in [-0.3, -0.25) is 4.68 Å². The predicted molar refractivity (Wildman–Crippen MR) is 88.0 cm³/mol. The largest absolute Gasteiger partial charge is 0.496 e. The van der Waals surface area contributed by atoms with Crippen molar-refractivity contribution >= 4 is 11.6 Å². The Balaban J connectivity index is 2.30. The molecule has 2 heterocycles. The molecule has 5 nitrogen and oxygen atoms in total. The molecule has 2 rings (SSSR count). The summed E-state index contributed by atoms with van der Waals surface area (Å²) in [5.41, 5.74) is -0.796. The topological polar surface area (TPSA) is 49.2 Å². The molecule has 0 amide bonds. The minimum atomic E-state index is -4.38. The molecule has 0 aliphatic carbocycles. The monoisotopic (exact) mass is 377 g/mol. The Hall–Kier alpha value is -1.96. The zero-order valence-electron chi connectivity index (χ0n) is 14.3. The van der Waals surface area contributed by atoms with Gasteiger partial charge in [0.1, 0.15) is 12.4 Å². The fourth-order valence-electron chi connectivity index (χ4n) is 2.05. The van der Waals surface area contributed by atoms with Crippen molar-refractivity contribution in [3.63, 3.8) is 0 Å². The Morgan fingerprint density at radius 3 is 2.48 bits per heavy atom. The van der Waals surface area contributed by atoms with E-state index in [-0.39, 0.29) is 5.88 Å². The van der Waals surface area contributed by atoms with Gasteiger partial charge in [-0.25, -0.2) is 4.98 Å². The second kappa shape index (κ2) is 7.11. The zero-order valence-corrected chi connectivity index (χ0v) is 15.1. The van der Waals surface area contributed by atoms with Crippen LogP contribution in [0.25, 0.3) is 11.3 Å². The van der Waals surface area contributed by atoms with E-state index in [0.717, 1.165) is 13.8 Å². The summed E-state index contributed by atoms with van der Waals surface area (Å²) >= 11 is 6.18. The molecule has 0 atom stereocenters. The van der Waals surface area contributed by atoms with Crippen molar-refractivity contribution in [2.75, 3.05) is 13.7 Å². The lowest BCUT2D eigenvalue weighted by Gasteiger charge is -2.27. The number of ether oxygens (including phenoxy) is 2. The summed E-state index contributed by atoms with van der Waals surface area (Å²) in [5.74, 6) is 0.420. The van der Waals surface area contributed by atoms with Gasteiger partial charge in [-0.15, -0.1) is 0 Å². The molecule has 2 aromatic heterocycles. The molecule has 0 fully saturated rings. The van der Waals surface area contributed by atoms with E-state index >= 15 is 0 Å². The molecule has 0 aliphatic heterocycles. The molecule has 0 N–H and O–H groups in total. The number of hydrogen-bond acceptors (Lipinski definition) is 4. The highest BCUT2D eigenvalue weighted by molar-refractivity contribution is 6.33. The zero-order chi connectivity index (χ0) is 18.8. The highest BCUT2D eigenvalue weighted by Crippen LogP contribution is 2.39. The molecule has 25 heavy (non-hydrogen) atoms. The van der Waals surface area contributed by atoms with Gasteiger partial charge in [0.05, 0.1) is 35.0 Å². The maximum Gasteiger partial charge on any atom is 0.397 e. The maximum absolute atomic E-state index is 12.9. The Kier molecular flexibility index (Phi) is 5.51. The van der Waals surface area contributed by atoms with Gasteiger partial charge in [0.25, 0.3) is 0 Å². The van der Waals surface area contributed by atoms with E-state index in [1.807, 2.05) is 6.92 Å². The smallest absolute Gasteiger partial charge is 0.397 e. The quantitative estimate of drug-likeness (QED) is 0.738. The standard InChI is InChI=1S/C16H19ClF3N3O2/c1-5-23-14(11(17)8-22-23)10-7-21-13(6-12(10)24-4)25-9-15(2,3)16(18,19)20/h6-8H,5,9H2,1-4H3. The number of nitrogens with zero attached hydrogens (tertiary/aromatic N) is 3. The van der Waals surface area contributed by atoms with Crippen molar-refractivity contribution in [2.45, 2.75) is 33.5 Å². The van der Waals surface area contributed by atoms with E-state index < -0.39 is 18.2 Å². The van der Waals surface area contributed by atoms with Crippen molar-refractivity contribution < 1.29 is 22.6 Å². The first-order valence-electron chi connectivity index (χ1n) is 7.56. The number of rotatable bonds is 6. The third kappa shape index (κ3) is 4.00. The number of alkyl halides is 3. The van der Waals surface area contributed by atoms with Crippen LogP contribution in [-0.2, 0) is 6.54 Å². The fraction of sp³-hybridized carbons (Fsp3) is 0.500. The molecular formula is C16H19ClF3N3O2. The molecule has 9 heteroatoms. The molecule has 2 aromatic rings. The molecule has 0 saturated heterocycles. The summed E-state index contributed by atoms with van der Waals surface area (Å²) < 4.78 is 51.0. The number of methoxy groups -OCH3 is 1. The first kappa shape index (κ1) is 19.4. The summed E-state index contributed by atoms with van der Waals surface area (Å²) in [6.45, 7) is 4.07. The SMILES string of the molecule is CCn1ncc(Cl)c1-c1cnc(OCC(C)(C)C(F)(F)F)cc1OC. The number of aromatic nitrogens is 3. The first-order chi connectivity index (χ1) is 11.6. The van der Waals surface area contributed by atoms with E-state index in [2.05, 4.69) is 10.1 Å². The van der Waals surface area contributed by atoms with Crippen LogP contribution in [0.15, 0.2) is 18.5 Å². The Labute approximate surface area is 148 Å². The van der Waals surface area contributed by atoms with Crippen molar-refractivity contribution in [3.8, 4) is 22.9 Å². The lowest BCUT2D eigenvalue weighted by molar-refractivity contribution is -0.219. The number of hydrogen-bond donors (Lipinski definition) is 0. The van der Waals surface area contributed by atoms with E-state index in [0.29, 0.717) is 28.6 Å². The Bertz CT molecular complexity index is 745. The van der Waals surface area contributed by atoms with Crippen LogP contribution < -0.4 is 9.47 Å². The molecular weight excluding hydrogens is 359 g/mol. The first-order valence-corrected chi connectivity index (χ1v) is 7.93. The summed E-state index contributed by atoms with van der Waals surface area (Å²) in [5, 5.41) is 4.57. The summed E-state index contributed by atoms with van der Waals surface area (Å²) in [4.78, 5) is 4.08. The van der Waals surface area contributed by atoms with Gasteiger partial charge in [0, 0.05) is 18.8 Å². The minimum Gasteiger partial charge on any atom is -0.496 e. The van der Waals surface area contributed by atoms with Crippen LogP contribution in [0, 0.1) is 5.41 Å². The summed E-state index contributed by atoms with van der Waals surface area (Å²) in [6, 6.07) is 1.44. The molecule has 0 saturated carbocycles. The molecule has 0 unspecified atom stereocenters. The second-order valence-corrected chi connectivity index (χ2v) is 6.46. The molecule has 0 spiro atoms. The minimum absolute atomic E-state index is 0.0385. The molecule has 0 radical (unpaired) electrons. The van der Waals surface area contributed by atoms with Crippen LogP contribution in [0.4, 0.5) is 13.2 Å². The van der Waals surface area contributed by atoms with E-state index in [1.54, 1.807) is 4.68 Å². The maximum atomic E-state index is 12.9. The van der Waals surface area contributed by atoms with Gasteiger partial charge in [0.2, 0.25) is 5.88 Å². The van der Waals surface area contributed by atoms with E-state index in [9.17, 15) is 13.2 Å². The van der Waals surface area contributed by atoms with E-state index in [1.165, 1.54) is 25.6 Å². The molecule has 0 aliphatic rings. The van der Waals surface area contributed by atoms with Crippen molar-refractivity contribution in [2.24, 2.45) is 5.41 Å².